The highest BCUT2D eigenvalue weighted by molar-refractivity contribution is 6.21. The minimum Gasteiger partial charge on any atom is -0.387 e. The summed E-state index contributed by atoms with van der Waals surface area (Å²) < 4.78 is 0. The van der Waals surface area contributed by atoms with Crippen molar-refractivity contribution >= 4 is 11.6 Å². The summed E-state index contributed by atoms with van der Waals surface area (Å²) in [6, 6.07) is 19.1. The van der Waals surface area contributed by atoms with E-state index in [4.69, 9.17) is 11.6 Å². The smallest absolute Gasteiger partial charge is 0.0994 e. The molecule has 2 aromatic rings. The predicted octanol–water partition coefficient (Wildman–Crippen LogP) is 3.70. The average Bonchev–Trinajstić information content (AvgIpc) is 2.39. The van der Waals surface area contributed by atoms with Gasteiger partial charge in [0.05, 0.1) is 11.5 Å². The van der Waals surface area contributed by atoms with Gasteiger partial charge >= 0.3 is 0 Å². The van der Waals surface area contributed by atoms with Crippen LogP contribution in [0.3, 0.4) is 0 Å². The fourth-order valence-corrected chi connectivity index (χ4v) is 1.93. The van der Waals surface area contributed by atoms with Crippen molar-refractivity contribution in [1.82, 2.24) is 0 Å². The van der Waals surface area contributed by atoms with Crippen molar-refractivity contribution < 1.29 is 5.11 Å². The van der Waals surface area contributed by atoms with Crippen molar-refractivity contribution in [3.63, 3.8) is 0 Å². The molecule has 0 saturated carbocycles. The van der Waals surface area contributed by atoms with Gasteiger partial charge in [-0.05, 0) is 11.1 Å². The Morgan fingerprint density at radius 2 is 1.19 bits per heavy atom. The summed E-state index contributed by atoms with van der Waals surface area (Å²) in [5, 5.41) is 9.70. The van der Waals surface area contributed by atoms with Crippen LogP contribution in [-0.4, -0.2) is 5.11 Å². The molecule has 0 heterocycles. The van der Waals surface area contributed by atoms with E-state index in [1.807, 2.05) is 60.7 Å². The molecule has 2 atom stereocenters. The van der Waals surface area contributed by atoms with Crippen LogP contribution in [0.1, 0.15) is 22.6 Å². The maximum Gasteiger partial charge on any atom is 0.0994 e. The van der Waals surface area contributed by atoms with Gasteiger partial charge < -0.3 is 5.11 Å². The molecule has 0 aliphatic carbocycles. The van der Waals surface area contributed by atoms with Crippen LogP contribution >= 0.6 is 11.6 Å². The maximum atomic E-state index is 10.1. The van der Waals surface area contributed by atoms with E-state index in [9.17, 15) is 5.11 Å². The van der Waals surface area contributed by atoms with Crippen molar-refractivity contribution in [2.24, 2.45) is 0 Å². The van der Waals surface area contributed by atoms with Crippen LogP contribution in [0.2, 0.25) is 0 Å². The first-order valence-electron chi connectivity index (χ1n) is 5.21. The van der Waals surface area contributed by atoms with E-state index >= 15 is 0 Å². The van der Waals surface area contributed by atoms with Crippen LogP contribution in [0, 0.1) is 0 Å². The van der Waals surface area contributed by atoms with Gasteiger partial charge in [0.1, 0.15) is 0 Å². The molecule has 2 aromatic carbocycles. The third-order valence-corrected chi connectivity index (χ3v) is 3.03. The summed E-state index contributed by atoms with van der Waals surface area (Å²) in [5.74, 6) is 0. The molecule has 0 aliphatic rings. The van der Waals surface area contributed by atoms with E-state index in [-0.39, 0.29) is 0 Å². The number of hydrogen-bond donors (Lipinski definition) is 1. The van der Waals surface area contributed by atoms with E-state index in [1.165, 1.54) is 0 Å². The number of alkyl halides is 1. The molecule has 0 amide bonds. The zero-order valence-electron chi connectivity index (χ0n) is 8.75. The Labute approximate surface area is 100 Å². The molecule has 0 bridgehead atoms. The largest absolute Gasteiger partial charge is 0.387 e. The van der Waals surface area contributed by atoms with E-state index in [2.05, 4.69) is 0 Å². The average molecular weight is 233 g/mol. The summed E-state index contributed by atoms with van der Waals surface area (Å²) in [4.78, 5) is 0. The lowest BCUT2D eigenvalue weighted by Gasteiger charge is -2.17. The first-order chi connectivity index (χ1) is 7.79. The van der Waals surface area contributed by atoms with Crippen LogP contribution < -0.4 is 0 Å². The third-order valence-electron chi connectivity index (χ3n) is 2.54. The number of hydrogen-bond acceptors (Lipinski definition) is 1. The molecule has 1 nitrogen and oxygen atoms in total. The number of rotatable bonds is 3. The van der Waals surface area contributed by atoms with E-state index in [0.29, 0.717) is 0 Å². The number of halogens is 1. The highest BCUT2D eigenvalue weighted by atomic mass is 35.5. The van der Waals surface area contributed by atoms with E-state index < -0.39 is 11.5 Å². The Bertz CT molecular complexity index is 384. The lowest BCUT2D eigenvalue weighted by atomic mass is 10.0. The SMILES string of the molecule is O[C@@H](c1ccccc1)[C@H](Cl)c1ccccc1. The standard InChI is InChI=1S/C14H13ClO/c15-13(11-7-3-1-4-8-11)14(16)12-9-5-2-6-10-12/h1-10,13-14,16H/t13-,14+/m1/s1. The number of aliphatic hydroxyl groups is 1. The zero-order chi connectivity index (χ0) is 11.4. The minimum atomic E-state index is -0.676. The molecule has 0 radical (unpaired) electrons. The molecule has 0 aromatic heterocycles. The summed E-state index contributed by atoms with van der Waals surface area (Å²) in [6.45, 7) is 0. The maximum absolute atomic E-state index is 10.1. The topological polar surface area (TPSA) is 20.2 Å². The Kier molecular flexibility index (Phi) is 3.60. The zero-order valence-corrected chi connectivity index (χ0v) is 9.51. The minimum absolute atomic E-state index is 0.413. The van der Waals surface area contributed by atoms with Gasteiger partial charge in [-0.2, -0.15) is 0 Å². The van der Waals surface area contributed by atoms with Gasteiger partial charge in [-0.15, -0.1) is 11.6 Å². The molecule has 0 unspecified atom stereocenters. The second-order valence-corrected chi connectivity index (χ2v) is 4.14. The Morgan fingerprint density at radius 1 is 0.750 bits per heavy atom. The van der Waals surface area contributed by atoms with Crippen LogP contribution in [-0.2, 0) is 0 Å². The van der Waals surface area contributed by atoms with E-state index in [0.717, 1.165) is 11.1 Å². The van der Waals surface area contributed by atoms with Gasteiger partial charge in [0.25, 0.3) is 0 Å². The quantitative estimate of drug-likeness (QED) is 0.800. The number of aliphatic hydroxyl groups excluding tert-OH is 1. The molecule has 0 saturated heterocycles. The first-order valence-corrected chi connectivity index (χ1v) is 5.64. The lowest BCUT2D eigenvalue weighted by molar-refractivity contribution is 0.172. The Hall–Kier alpha value is -1.31. The van der Waals surface area contributed by atoms with Crippen molar-refractivity contribution in [2.75, 3.05) is 0 Å². The van der Waals surface area contributed by atoms with Gasteiger partial charge in [-0.3, -0.25) is 0 Å². The third kappa shape index (κ3) is 2.43. The second-order valence-electron chi connectivity index (χ2n) is 3.67. The van der Waals surface area contributed by atoms with Crippen molar-refractivity contribution in [1.29, 1.82) is 0 Å². The van der Waals surface area contributed by atoms with Crippen LogP contribution in [0.5, 0.6) is 0 Å². The van der Waals surface area contributed by atoms with Gasteiger partial charge in [0, 0.05) is 0 Å². The van der Waals surface area contributed by atoms with E-state index in [1.54, 1.807) is 0 Å². The molecule has 2 rings (SSSR count). The predicted molar refractivity (Wildman–Crippen MR) is 66.4 cm³/mol. The summed E-state index contributed by atoms with van der Waals surface area (Å²) in [6.07, 6.45) is -0.676. The fourth-order valence-electron chi connectivity index (χ4n) is 1.64. The van der Waals surface area contributed by atoms with Crippen LogP contribution in [0.25, 0.3) is 0 Å². The Balaban J connectivity index is 2.20. The van der Waals surface area contributed by atoms with Gasteiger partial charge in [-0.25, -0.2) is 0 Å². The lowest BCUT2D eigenvalue weighted by Crippen LogP contribution is -2.05. The molecule has 0 spiro atoms. The van der Waals surface area contributed by atoms with Gasteiger partial charge in [0.15, 0.2) is 0 Å². The second kappa shape index (κ2) is 5.15. The van der Waals surface area contributed by atoms with Crippen molar-refractivity contribution in [2.45, 2.75) is 11.5 Å². The fraction of sp³-hybridized carbons (Fsp3) is 0.143. The molecule has 82 valence electrons. The van der Waals surface area contributed by atoms with Crippen molar-refractivity contribution in [3.05, 3.63) is 71.8 Å². The Morgan fingerprint density at radius 3 is 1.69 bits per heavy atom. The molecule has 2 heteroatoms. The van der Waals surface area contributed by atoms with Gasteiger partial charge in [-0.1, -0.05) is 60.7 Å². The molecular weight excluding hydrogens is 220 g/mol. The molecule has 16 heavy (non-hydrogen) atoms. The first kappa shape index (κ1) is 11.2. The molecule has 0 aliphatic heterocycles. The summed E-state index contributed by atoms with van der Waals surface area (Å²) >= 11 is 6.24. The molecule has 0 fully saturated rings. The van der Waals surface area contributed by atoms with Gasteiger partial charge in [0.2, 0.25) is 0 Å². The monoisotopic (exact) mass is 232 g/mol. The molecule has 1 N–H and O–H groups in total. The van der Waals surface area contributed by atoms with Crippen LogP contribution in [0.15, 0.2) is 60.7 Å². The molecular formula is C14H13ClO. The summed E-state index contributed by atoms with van der Waals surface area (Å²) in [7, 11) is 0. The van der Waals surface area contributed by atoms with Crippen LogP contribution in [0.4, 0.5) is 0 Å². The highest BCUT2D eigenvalue weighted by Gasteiger charge is 2.19. The van der Waals surface area contributed by atoms with Crippen molar-refractivity contribution in [3.8, 4) is 0 Å². The number of benzene rings is 2. The summed E-state index contributed by atoms with van der Waals surface area (Å²) in [5.41, 5.74) is 1.77. The highest BCUT2D eigenvalue weighted by Crippen LogP contribution is 2.33. The normalized spacial score (nSPS) is 14.4.